The minimum atomic E-state index is -0.0834. The Morgan fingerprint density at radius 1 is 1.39 bits per heavy atom. The van der Waals surface area contributed by atoms with Crippen LogP contribution in [0.2, 0.25) is 5.02 Å². The molecule has 0 bridgehead atoms. The van der Waals surface area contributed by atoms with E-state index in [1.807, 2.05) is 13.1 Å². The highest BCUT2D eigenvalue weighted by molar-refractivity contribution is 7.11. The third-order valence-electron chi connectivity index (χ3n) is 2.40. The number of carbonyl (C=O) groups is 1. The van der Waals surface area contributed by atoms with Crippen LogP contribution in [0.25, 0.3) is 0 Å². The molecule has 94 valence electrons. The predicted molar refractivity (Wildman–Crippen MR) is 74.3 cm³/mol. The average Bonchev–Trinajstić information content (AvgIpc) is 2.76. The maximum Gasteiger partial charge on any atom is 0.251 e. The molecular weight excluding hydrogens is 268 g/mol. The number of benzene rings is 1. The van der Waals surface area contributed by atoms with Crippen LogP contribution in [0.4, 0.5) is 0 Å². The van der Waals surface area contributed by atoms with Crippen LogP contribution in [0, 0.1) is 6.92 Å². The molecule has 18 heavy (non-hydrogen) atoms. The first kappa shape index (κ1) is 13.1. The highest BCUT2D eigenvalue weighted by Crippen LogP contribution is 2.11. The van der Waals surface area contributed by atoms with Gasteiger partial charge in [0, 0.05) is 34.6 Å². The SMILES string of the molecule is Cc1cnc(CCNC(=O)c2ccc(Cl)cc2)s1. The summed E-state index contributed by atoms with van der Waals surface area (Å²) in [6.45, 7) is 2.61. The largest absolute Gasteiger partial charge is 0.352 e. The Labute approximate surface area is 115 Å². The van der Waals surface area contributed by atoms with Gasteiger partial charge >= 0.3 is 0 Å². The fourth-order valence-corrected chi connectivity index (χ4v) is 2.42. The summed E-state index contributed by atoms with van der Waals surface area (Å²) < 4.78 is 0. The summed E-state index contributed by atoms with van der Waals surface area (Å²) in [6.07, 6.45) is 2.61. The van der Waals surface area contributed by atoms with Crippen molar-refractivity contribution in [1.82, 2.24) is 10.3 Å². The first-order valence-electron chi connectivity index (χ1n) is 5.60. The van der Waals surface area contributed by atoms with Gasteiger partial charge < -0.3 is 5.32 Å². The topological polar surface area (TPSA) is 42.0 Å². The van der Waals surface area contributed by atoms with Gasteiger partial charge in [0.05, 0.1) is 5.01 Å². The van der Waals surface area contributed by atoms with Crippen LogP contribution < -0.4 is 5.32 Å². The van der Waals surface area contributed by atoms with E-state index in [1.54, 1.807) is 35.6 Å². The number of nitrogens with zero attached hydrogens (tertiary/aromatic N) is 1. The summed E-state index contributed by atoms with van der Waals surface area (Å²) in [5.74, 6) is -0.0834. The molecule has 1 heterocycles. The molecule has 0 radical (unpaired) electrons. The molecule has 2 aromatic rings. The molecule has 1 amide bonds. The molecule has 0 spiro atoms. The second-order valence-corrected chi connectivity index (χ2v) is 5.63. The second kappa shape index (κ2) is 5.98. The highest BCUT2D eigenvalue weighted by atomic mass is 35.5. The third kappa shape index (κ3) is 3.55. The number of amides is 1. The molecule has 1 aromatic carbocycles. The number of hydrogen-bond donors (Lipinski definition) is 1. The number of nitrogens with one attached hydrogen (secondary N) is 1. The van der Waals surface area contributed by atoms with Gasteiger partial charge in [0.25, 0.3) is 5.91 Å². The molecule has 0 fully saturated rings. The van der Waals surface area contributed by atoms with Crippen molar-refractivity contribution in [1.29, 1.82) is 0 Å². The predicted octanol–water partition coefficient (Wildman–Crippen LogP) is 3.08. The summed E-state index contributed by atoms with van der Waals surface area (Å²) in [5.41, 5.74) is 0.620. The summed E-state index contributed by atoms with van der Waals surface area (Å²) in [7, 11) is 0. The quantitative estimate of drug-likeness (QED) is 0.935. The van der Waals surface area contributed by atoms with Gasteiger partial charge in [-0.1, -0.05) is 11.6 Å². The Hall–Kier alpha value is -1.39. The van der Waals surface area contributed by atoms with E-state index in [4.69, 9.17) is 11.6 Å². The van der Waals surface area contributed by atoms with E-state index in [9.17, 15) is 4.79 Å². The second-order valence-electron chi connectivity index (χ2n) is 3.88. The van der Waals surface area contributed by atoms with E-state index >= 15 is 0 Å². The molecule has 3 nitrogen and oxygen atoms in total. The van der Waals surface area contributed by atoms with Crippen molar-refractivity contribution in [3.8, 4) is 0 Å². The molecule has 2 rings (SSSR count). The lowest BCUT2D eigenvalue weighted by Crippen LogP contribution is -2.25. The van der Waals surface area contributed by atoms with E-state index in [2.05, 4.69) is 10.3 Å². The zero-order valence-electron chi connectivity index (χ0n) is 9.94. The van der Waals surface area contributed by atoms with E-state index in [1.165, 1.54) is 4.88 Å². The van der Waals surface area contributed by atoms with Crippen molar-refractivity contribution in [3.05, 3.63) is 50.9 Å². The lowest BCUT2D eigenvalue weighted by molar-refractivity contribution is 0.0954. The monoisotopic (exact) mass is 280 g/mol. The molecule has 5 heteroatoms. The minimum absolute atomic E-state index is 0.0834. The van der Waals surface area contributed by atoms with Gasteiger partial charge in [0.1, 0.15) is 0 Å². The van der Waals surface area contributed by atoms with Crippen LogP contribution in [-0.4, -0.2) is 17.4 Å². The van der Waals surface area contributed by atoms with Gasteiger partial charge in [0.15, 0.2) is 0 Å². The van der Waals surface area contributed by atoms with Crippen molar-refractivity contribution in [2.45, 2.75) is 13.3 Å². The summed E-state index contributed by atoms with van der Waals surface area (Å²) in [6, 6.07) is 6.84. The van der Waals surface area contributed by atoms with Crippen LogP contribution in [0.1, 0.15) is 20.2 Å². The van der Waals surface area contributed by atoms with Gasteiger partial charge in [-0.05, 0) is 31.2 Å². The number of halogens is 1. The van der Waals surface area contributed by atoms with Crippen molar-refractivity contribution < 1.29 is 4.79 Å². The average molecular weight is 281 g/mol. The van der Waals surface area contributed by atoms with Crippen molar-refractivity contribution in [2.75, 3.05) is 6.54 Å². The summed E-state index contributed by atoms with van der Waals surface area (Å²) in [5, 5.41) is 4.54. The zero-order chi connectivity index (χ0) is 13.0. The molecular formula is C13H13ClN2OS. The van der Waals surface area contributed by atoms with Crippen LogP contribution >= 0.6 is 22.9 Å². The van der Waals surface area contributed by atoms with Gasteiger partial charge in [-0.3, -0.25) is 4.79 Å². The van der Waals surface area contributed by atoms with Crippen molar-refractivity contribution in [2.24, 2.45) is 0 Å². The maximum atomic E-state index is 11.8. The molecule has 0 saturated carbocycles. The number of aryl methyl sites for hydroxylation is 1. The number of hydrogen-bond acceptors (Lipinski definition) is 3. The molecule has 0 saturated heterocycles. The molecule has 1 aromatic heterocycles. The summed E-state index contributed by atoms with van der Waals surface area (Å²) >= 11 is 7.42. The highest BCUT2D eigenvalue weighted by Gasteiger charge is 2.05. The van der Waals surface area contributed by atoms with Gasteiger partial charge in [-0.2, -0.15) is 0 Å². The Bertz CT molecular complexity index is 536. The number of rotatable bonds is 4. The fourth-order valence-electron chi connectivity index (χ4n) is 1.50. The minimum Gasteiger partial charge on any atom is -0.352 e. The lowest BCUT2D eigenvalue weighted by atomic mass is 10.2. The van der Waals surface area contributed by atoms with Crippen LogP contribution in [0.5, 0.6) is 0 Å². The number of thiazole rings is 1. The van der Waals surface area contributed by atoms with E-state index in [-0.39, 0.29) is 5.91 Å². The standard InChI is InChI=1S/C13H13ClN2OS/c1-9-8-16-12(18-9)6-7-15-13(17)10-2-4-11(14)5-3-10/h2-5,8H,6-7H2,1H3,(H,15,17). The molecule has 0 aliphatic rings. The van der Waals surface area contributed by atoms with Gasteiger partial charge in [-0.15, -0.1) is 11.3 Å². The molecule has 0 aliphatic carbocycles. The molecule has 0 unspecified atom stereocenters. The van der Waals surface area contributed by atoms with Crippen molar-refractivity contribution >= 4 is 28.8 Å². The van der Waals surface area contributed by atoms with Crippen LogP contribution in [-0.2, 0) is 6.42 Å². The molecule has 0 atom stereocenters. The van der Waals surface area contributed by atoms with Crippen LogP contribution in [0.15, 0.2) is 30.5 Å². The smallest absolute Gasteiger partial charge is 0.251 e. The molecule has 0 aliphatic heterocycles. The van der Waals surface area contributed by atoms with E-state index in [0.29, 0.717) is 17.1 Å². The van der Waals surface area contributed by atoms with Crippen molar-refractivity contribution in [3.63, 3.8) is 0 Å². The van der Waals surface area contributed by atoms with E-state index < -0.39 is 0 Å². The fraction of sp³-hybridized carbons (Fsp3) is 0.231. The zero-order valence-corrected chi connectivity index (χ0v) is 11.5. The Morgan fingerprint density at radius 2 is 2.11 bits per heavy atom. The first-order chi connectivity index (χ1) is 8.65. The first-order valence-corrected chi connectivity index (χ1v) is 6.79. The van der Waals surface area contributed by atoms with Gasteiger partial charge in [0.2, 0.25) is 0 Å². The maximum absolute atomic E-state index is 11.8. The Kier molecular flexibility index (Phi) is 4.33. The Balaban J connectivity index is 1.83. The normalized spacial score (nSPS) is 10.3. The van der Waals surface area contributed by atoms with Gasteiger partial charge in [-0.25, -0.2) is 4.98 Å². The number of carbonyl (C=O) groups excluding carboxylic acids is 1. The third-order valence-corrected chi connectivity index (χ3v) is 3.62. The Morgan fingerprint density at radius 3 is 2.72 bits per heavy atom. The van der Waals surface area contributed by atoms with Crippen LogP contribution in [0.3, 0.4) is 0 Å². The number of aromatic nitrogens is 1. The van der Waals surface area contributed by atoms with E-state index in [0.717, 1.165) is 11.4 Å². The lowest BCUT2D eigenvalue weighted by Gasteiger charge is -2.03. The summed E-state index contributed by atoms with van der Waals surface area (Å²) in [4.78, 5) is 17.2. The molecule has 1 N–H and O–H groups in total.